The SMILES string of the molecule is CCCC(=N)c1cc(Cl)nc(COC(C)=O)n1. The van der Waals surface area contributed by atoms with E-state index in [0.29, 0.717) is 23.7 Å². The van der Waals surface area contributed by atoms with Crippen molar-refractivity contribution >= 4 is 23.3 Å². The van der Waals surface area contributed by atoms with Crippen LogP contribution in [-0.4, -0.2) is 21.6 Å². The lowest BCUT2D eigenvalue weighted by Crippen LogP contribution is -2.09. The highest BCUT2D eigenvalue weighted by Gasteiger charge is 2.08. The Morgan fingerprint density at radius 2 is 2.24 bits per heavy atom. The van der Waals surface area contributed by atoms with Gasteiger partial charge in [-0.1, -0.05) is 24.9 Å². The van der Waals surface area contributed by atoms with Crippen molar-refractivity contribution in [3.05, 3.63) is 22.7 Å². The molecule has 0 aromatic carbocycles. The van der Waals surface area contributed by atoms with Gasteiger partial charge in [0.1, 0.15) is 5.15 Å². The number of esters is 1. The molecule has 1 aromatic heterocycles. The summed E-state index contributed by atoms with van der Waals surface area (Å²) in [7, 11) is 0. The molecule has 1 N–H and O–H groups in total. The van der Waals surface area contributed by atoms with Crippen LogP contribution in [-0.2, 0) is 16.1 Å². The summed E-state index contributed by atoms with van der Waals surface area (Å²) in [6.07, 6.45) is 1.49. The highest BCUT2D eigenvalue weighted by Crippen LogP contribution is 2.10. The van der Waals surface area contributed by atoms with Crippen LogP contribution in [0.4, 0.5) is 0 Å². The maximum absolute atomic E-state index is 10.7. The highest BCUT2D eigenvalue weighted by molar-refractivity contribution is 6.29. The molecule has 0 saturated carbocycles. The molecule has 0 saturated heterocycles. The molecule has 0 unspecified atom stereocenters. The van der Waals surface area contributed by atoms with Crippen molar-refractivity contribution in [2.24, 2.45) is 0 Å². The van der Waals surface area contributed by atoms with Gasteiger partial charge in [-0.05, 0) is 6.42 Å². The van der Waals surface area contributed by atoms with Gasteiger partial charge < -0.3 is 10.1 Å². The van der Waals surface area contributed by atoms with Gasteiger partial charge in [-0.2, -0.15) is 0 Å². The van der Waals surface area contributed by atoms with Gasteiger partial charge in [-0.15, -0.1) is 0 Å². The summed E-state index contributed by atoms with van der Waals surface area (Å²) in [5, 5.41) is 8.03. The maximum Gasteiger partial charge on any atom is 0.303 e. The summed E-state index contributed by atoms with van der Waals surface area (Å²) >= 11 is 5.82. The summed E-state index contributed by atoms with van der Waals surface area (Å²) in [6.45, 7) is 3.27. The summed E-state index contributed by atoms with van der Waals surface area (Å²) in [5.41, 5.74) is 0.884. The molecule has 0 aliphatic heterocycles. The van der Waals surface area contributed by atoms with E-state index in [4.69, 9.17) is 21.7 Å². The molecule has 0 bridgehead atoms. The van der Waals surface area contributed by atoms with E-state index in [1.165, 1.54) is 13.0 Å². The molecule has 6 heteroatoms. The lowest BCUT2D eigenvalue weighted by atomic mass is 10.1. The first kappa shape index (κ1) is 13.6. The summed E-state index contributed by atoms with van der Waals surface area (Å²) in [4.78, 5) is 18.7. The van der Waals surface area contributed by atoms with E-state index in [0.717, 1.165) is 6.42 Å². The fraction of sp³-hybridized carbons (Fsp3) is 0.455. The first-order chi connectivity index (χ1) is 8.02. The van der Waals surface area contributed by atoms with E-state index in [1.807, 2.05) is 6.92 Å². The quantitative estimate of drug-likeness (QED) is 0.498. The van der Waals surface area contributed by atoms with Gasteiger partial charge in [0.15, 0.2) is 12.4 Å². The predicted octanol–water partition coefficient (Wildman–Crippen LogP) is 2.36. The van der Waals surface area contributed by atoms with Crippen LogP contribution >= 0.6 is 11.6 Å². The van der Waals surface area contributed by atoms with Crippen molar-refractivity contribution in [1.82, 2.24) is 9.97 Å². The van der Waals surface area contributed by atoms with Crippen LogP contribution in [0.1, 0.15) is 38.2 Å². The van der Waals surface area contributed by atoms with E-state index in [9.17, 15) is 4.79 Å². The van der Waals surface area contributed by atoms with E-state index in [-0.39, 0.29) is 11.8 Å². The average Bonchev–Trinajstić information content (AvgIpc) is 2.26. The monoisotopic (exact) mass is 255 g/mol. The molecule has 1 rings (SSSR count). The number of carbonyl (C=O) groups is 1. The molecule has 92 valence electrons. The third-order valence-electron chi connectivity index (χ3n) is 1.95. The lowest BCUT2D eigenvalue weighted by Gasteiger charge is -2.05. The Morgan fingerprint density at radius 3 is 2.82 bits per heavy atom. The molecule has 0 fully saturated rings. The Morgan fingerprint density at radius 1 is 1.53 bits per heavy atom. The number of nitrogens with one attached hydrogen (secondary N) is 1. The van der Waals surface area contributed by atoms with Crippen LogP contribution in [0.25, 0.3) is 0 Å². The molecule has 1 heterocycles. The molecule has 0 atom stereocenters. The van der Waals surface area contributed by atoms with Crippen molar-refractivity contribution in [3.63, 3.8) is 0 Å². The minimum absolute atomic E-state index is 0.0255. The van der Waals surface area contributed by atoms with Crippen LogP contribution in [0.15, 0.2) is 6.07 Å². The zero-order valence-electron chi connectivity index (χ0n) is 9.79. The van der Waals surface area contributed by atoms with Gasteiger partial charge in [0, 0.05) is 13.0 Å². The minimum Gasteiger partial charge on any atom is -0.458 e. The Balaban J connectivity index is 2.86. The predicted molar refractivity (Wildman–Crippen MR) is 64.2 cm³/mol. The molecule has 17 heavy (non-hydrogen) atoms. The van der Waals surface area contributed by atoms with E-state index < -0.39 is 5.97 Å². The smallest absolute Gasteiger partial charge is 0.303 e. The minimum atomic E-state index is -0.404. The Kier molecular flexibility index (Phi) is 5.03. The highest BCUT2D eigenvalue weighted by atomic mass is 35.5. The number of ether oxygens (including phenoxy) is 1. The Bertz CT molecular complexity index is 435. The first-order valence-corrected chi connectivity index (χ1v) is 5.65. The second-order valence-corrected chi connectivity index (χ2v) is 3.89. The number of aromatic nitrogens is 2. The number of hydrogen-bond acceptors (Lipinski definition) is 5. The fourth-order valence-electron chi connectivity index (χ4n) is 1.23. The summed E-state index contributed by atoms with van der Waals surface area (Å²) in [6, 6.07) is 1.54. The van der Waals surface area contributed by atoms with Gasteiger partial charge in [0.25, 0.3) is 0 Å². The molecule has 0 radical (unpaired) electrons. The maximum atomic E-state index is 10.7. The number of rotatable bonds is 5. The number of nitrogens with zero attached hydrogens (tertiary/aromatic N) is 2. The normalized spacial score (nSPS) is 10.1. The van der Waals surface area contributed by atoms with Gasteiger partial charge >= 0.3 is 5.97 Å². The fourth-order valence-corrected chi connectivity index (χ4v) is 1.43. The molecule has 0 spiro atoms. The Labute approximate surface area is 105 Å². The van der Waals surface area contributed by atoms with E-state index in [1.54, 1.807) is 0 Å². The zero-order chi connectivity index (χ0) is 12.8. The summed E-state index contributed by atoms with van der Waals surface area (Å²) in [5.74, 6) is -0.0951. The van der Waals surface area contributed by atoms with Gasteiger partial charge in [-0.3, -0.25) is 4.79 Å². The molecular weight excluding hydrogens is 242 g/mol. The molecule has 5 nitrogen and oxygen atoms in total. The van der Waals surface area contributed by atoms with Crippen LogP contribution in [0.5, 0.6) is 0 Å². The van der Waals surface area contributed by atoms with E-state index in [2.05, 4.69) is 9.97 Å². The van der Waals surface area contributed by atoms with Crippen LogP contribution < -0.4 is 0 Å². The number of carbonyl (C=O) groups excluding carboxylic acids is 1. The van der Waals surface area contributed by atoms with Crippen LogP contribution in [0.2, 0.25) is 5.15 Å². The molecular formula is C11H14ClN3O2. The average molecular weight is 256 g/mol. The third-order valence-corrected chi connectivity index (χ3v) is 2.15. The van der Waals surface area contributed by atoms with Gasteiger partial charge in [0.2, 0.25) is 0 Å². The Hall–Kier alpha value is -1.49. The lowest BCUT2D eigenvalue weighted by molar-refractivity contribution is -0.142. The first-order valence-electron chi connectivity index (χ1n) is 5.27. The largest absolute Gasteiger partial charge is 0.458 e. The van der Waals surface area contributed by atoms with Gasteiger partial charge in [0.05, 0.1) is 11.4 Å². The second kappa shape index (κ2) is 6.30. The zero-order valence-corrected chi connectivity index (χ0v) is 10.5. The standard InChI is InChI=1S/C11H14ClN3O2/c1-3-4-8(13)9-5-10(12)15-11(14-9)6-17-7(2)16/h5,13H,3-4,6H2,1-2H3. The van der Waals surface area contributed by atoms with Crippen molar-refractivity contribution in [2.75, 3.05) is 0 Å². The molecule has 1 aromatic rings. The van der Waals surface area contributed by atoms with Gasteiger partial charge in [-0.25, -0.2) is 9.97 Å². The van der Waals surface area contributed by atoms with Crippen molar-refractivity contribution in [3.8, 4) is 0 Å². The molecule has 0 amide bonds. The van der Waals surface area contributed by atoms with Crippen molar-refractivity contribution in [1.29, 1.82) is 5.41 Å². The van der Waals surface area contributed by atoms with Crippen molar-refractivity contribution in [2.45, 2.75) is 33.3 Å². The van der Waals surface area contributed by atoms with Crippen LogP contribution in [0, 0.1) is 5.41 Å². The van der Waals surface area contributed by atoms with E-state index >= 15 is 0 Å². The molecule has 0 aliphatic rings. The van der Waals surface area contributed by atoms with Crippen molar-refractivity contribution < 1.29 is 9.53 Å². The second-order valence-electron chi connectivity index (χ2n) is 3.50. The number of halogens is 1. The summed E-state index contributed by atoms with van der Waals surface area (Å²) < 4.78 is 4.78. The number of hydrogen-bond donors (Lipinski definition) is 1. The third kappa shape index (κ3) is 4.48. The molecule has 0 aliphatic carbocycles. The van der Waals surface area contributed by atoms with Crippen LogP contribution in [0.3, 0.4) is 0 Å². The topological polar surface area (TPSA) is 75.9 Å².